The van der Waals surface area contributed by atoms with Gasteiger partial charge in [0.2, 0.25) is 5.91 Å². The Balaban J connectivity index is 2.31. The molecule has 0 spiro atoms. The Bertz CT molecular complexity index is 222. The summed E-state index contributed by atoms with van der Waals surface area (Å²) >= 11 is 0. The van der Waals surface area contributed by atoms with Crippen LogP contribution < -0.4 is 5.32 Å². The largest absolute Gasteiger partial charge is 0.344 e. The van der Waals surface area contributed by atoms with Crippen LogP contribution in [0.2, 0.25) is 0 Å². The van der Waals surface area contributed by atoms with E-state index in [1.807, 2.05) is 32.8 Å². The molecule has 1 aliphatic rings. The fourth-order valence-corrected chi connectivity index (χ4v) is 1.84. The zero-order valence-corrected chi connectivity index (χ0v) is 10.5. The van der Waals surface area contributed by atoms with Crippen LogP contribution >= 0.6 is 0 Å². The first kappa shape index (κ1) is 12.5. The molecule has 1 saturated carbocycles. The first-order valence-electron chi connectivity index (χ1n) is 5.92. The van der Waals surface area contributed by atoms with Gasteiger partial charge in [-0.05, 0) is 33.2 Å². The van der Waals surface area contributed by atoms with E-state index in [0.717, 1.165) is 12.5 Å². The SMILES string of the molecule is CNC(C)(C)C(=O)N(C)CCC1CCC1. The van der Waals surface area contributed by atoms with E-state index in [0.29, 0.717) is 0 Å². The number of nitrogens with zero attached hydrogens (tertiary/aromatic N) is 1. The van der Waals surface area contributed by atoms with Crippen molar-refractivity contribution in [3.63, 3.8) is 0 Å². The van der Waals surface area contributed by atoms with Crippen LogP contribution in [0.4, 0.5) is 0 Å². The molecule has 88 valence electrons. The molecule has 0 heterocycles. The summed E-state index contributed by atoms with van der Waals surface area (Å²) in [5.74, 6) is 1.06. The topological polar surface area (TPSA) is 32.3 Å². The zero-order chi connectivity index (χ0) is 11.5. The molecule has 1 rings (SSSR count). The number of amides is 1. The van der Waals surface area contributed by atoms with Crippen molar-refractivity contribution in [1.82, 2.24) is 10.2 Å². The molecule has 15 heavy (non-hydrogen) atoms. The standard InChI is InChI=1S/C12H24N2O/c1-12(2,13-3)11(15)14(4)9-8-10-6-5-7-10/h10,13H,5-9H2,1-4H3. The summed E-state index contributed by atoms with van der Waals surface area (Å²) in [6.45, 7) is 4.75. The van der Waals surface area contributed by atoms with Gasteiger partial charge in [0.05, 0.1) is 5.54 Å². The number of nitrogens with one attached hydrogen (secondary N) is 1. The highest BCUT2D eigenvalue weighted by molar-refractivity contribution is 5.85. The van der Waals surface area contributed by atoms with Crippen molar-refractivity contribution in [2.24, 2.45) is 5.92 Å². The van der Waals surface area contributed by atoms with Crippen LogP contribution in [0.3, 0.4) is 0 Å². The van der Waals surface area contributed by atoms with Gasteiger partial charge in [-0.3, -0.25) is 4.79 Å². The molecule has 3 heteroatoms. The minimum atomic E-state index is -0.436. The van der Waals surface area contributed by atoms with Gasteiger partial charge in [-0.25, -0.2) is 0 Å². The van der Waals surface area contributed by atoms with Gasteiger partial charge in [0.25, 0.3) is 0 Å². The molecular weight excluding hydrogens is 188 g/mol. The van der Waals surface area contributed by atoms with Crippen LogP contribution in [0.15, 0.2) is 0 Å². The van der Waals surface area contributed by atoms with E-state index >= 15 is 0 Å². The quantitative estimate of drug-likeness (QED) is 0.751. The summed E-state index contributed by atoms with van der Waals surface area (Å²) in [7, 11) is 3.73. The molecule has 0 aromatic carbocycles. The molecule has 3 nitrogen and oxygen atoms in total. The molecule has 0 radical (unpaired) electrons. The van der Waals surface area contributed by atoms with Gasteiger partial charge in [-0.2, -0.15) is 0 Å². The van der Waals surface area contributed by atoms with E-state index in [1.165, 1.54) is 25.7 Å². The third-order valence-electron chi connectivity index (χ3n) is 3.60. The summed E-state index contributed by atoms with van der Waals surface area (Å²) in [5.41, 5.74) is -0.436. The summed E-state index contributed by atoms with van der Waals surface area (Å²) in [4.78, 5) is 13.8. The van der Waals surface area contributed by atoms with E-state index in [-0.39, 0.29) is 5.91 Å². The van der Waals surface area contributed by atoms with Crippen LogP contribution in [0.1, 0.15) is 39.5 Å². The average molecular weight is 212 g/mol. The van der Waals surface area contributed by atoms with Crippen molar-refractivity contribution in [3.05, 3.63) is 0 Å². The van der Waals surface area contributed by atoms with Crippen molar-refractivity contribution < 1.29 is 4.79 Å². The second-order valence-electron chi connectivity index (χ2n) is 5.19. The average Bonchev–Trinajstić information content (AvgIpc) is 2.14. The molecule has 0 aromatic heterocycles. The van der Waals surface area contributed by atoms with E-state index in [1.54, 1.807) is 0 Å². The number of carbonyl (C=O) groups is 1. The Morgan fingerprint density at radius 2 is 2.07 bits per heavy atom. The van der Waals surface area contributed by atoms with Crippen molar-refractivity contribution in [2.75, 3.05) is 20.6 Å². The normalized spacial score (nSPS) is 17.3. The first-order chi connectivity index (χ1) is 6.97. The molecule has 1 N–H and O–H groups in total. The van der Waals surface area contributed by atoms with E-state index in [2.05, 4.69) is 5.32 Å². The first-order valence-corrected chi connectivity index (χ1v) is 5.92. The highest BCUT2D eigenvalue weighted by Crippen LogP contribution is 2.29. The second kappa shape index (κ2) is 4.97. The fourth-order valence-electron chi connectivity index (χ4n) is 1.84. The molecule has 0 aliphatic heterocycles. The van der Waals surface area contributed by atoms with Gasteiger partial charge in [0.1, 0.15) is 0 Å². The molecule has 0 bridgehead atoms. The number of carbonyl (C=O) groups excluding carboxylic acids is 1. The van der Waals surface area contributed by atoms with Crippen LogP contribution in [0.25, 0.3) is 0 Å². The van der Waals surface area contributed by atoms with Crippen LogP contribution in [0.5, 0.6) is 0 Å². The number of hydrogen-bond donors (Lipinski definition) is 1. The molecule has 1 aliphatic carbocycles. The van der Waals surface area contributed by atoms with Crippen molar-refractivity contribution in [1.29, 1.82) is 0 Å². The summed E-state index contributed by atoms with van der Waals surface area (Å²) in [5, 5.41) is 3.05. The minimum absolute atomic E-state index is 0.185. The van der Waals surface area contributed by atoms with Gasteiger partial charge in [0.15, 0.2) is 0 Å². The lowest BCUT2D eigenvalue weighted by atomic mass is 9.83. The Hall–Kier alpha value is -0.570. The van der Waals surface area contributed by atoms with E-state index < -0.39 is 5.54 Å². The predicted molar refractivity (Wildman–Crippen MR) is 62.7 cm³/mol. The summed E-state index contributed by atoms with van der Waals surface area (Å²) in [6, 6.07) is 0. The number of hydrogen-bond acceptors (Lipinski definition) is 2. The number of rotatable bonds is 5. The van der Waals surface area contributed by atoms with E-state index in [4.69, 9.17) is 0 Å². The molecule has 0 aromatic rings. The van der Waals surface area contributed by atoms with Crippen molar-refractivity contribution >= 4 is 5.91 Å². The Labute approximate surface area is 93.2 Å². The molecule has 0 saturated heterocycles. The van der Waals surface area contributed by atoms with Crippen LogP contribution in [-0.2, 0) is 4.79 Å². The van der Waals surface area contributed by atoms with Crippen LogP contribution in [0, 0.1) is 5.92 Å². The van der Waals surface area contributed by atoms with Crippen molar-refractivity contribution in [2.45, 2.75) is 45.1 Å². The van der Waals surface area contributed by atoms with Gasteiger partial charge < -0.3 is 10.2 Å². The molecular formula is C12H24N2O. The minimum Gasteiger partial charge on any atom is -0.344 e. The lowest BCUT2D eigenvalue weighted by Gasteiger charge is -2.32. The summed E-state index contributed by atoms with van der Waals surface area (Å²) in [6.07, 6.45) is 5.27. The summed E-state index contributed by atoms with van der Waals surface area (Å²) < 4.78 is 0. The highest BCUT2D eigenvalue weighted by Gasteiger charge is 2.28. The second-order valence-corrected chi connectivity index (χ2v) is 5.19. The Morgan fingerprint density at radius 3 is 2.47 bits per heavy atom. The third kappa shape index (κ3) is 3.20. The smallest absolute Gasteiger partial charge is 0.242 e. The number of likely N-dealkylation sites (N-methyl/N-ethyl adjacent to an activating group) is 2. The molecule has 0 atom stereocenters. The lowest BCUT2D eigenvalue weighted by Crippen LogP contribution is -2.52. The van der Waals surface area contributed by atoms with E-state index in [9.17, 15) is 4.79 Å². The zero-order valence-electron chi connectivity index (χ0n) is 10.5. The highest BCUT2D eigenvalue weighted by atomic mass is 16.2. The maximum atomic E-state index is 12.0. The predicted octanol–water partition coefficient (Wildman–Crippen LogP) is 1.63. The maximum Gasteiger partial charge on any atom is 0.242 e. The molecule has 1 fully saturated rings. The van der Waals surface area contributed by atoms with Gasteiger partial charge in [-0.15, -0.1) is 0 Å². The van der Waals surface area contributed by atoms with Gasteiger partial charge >= 0.3 is 0 Å². The third-order valence-corrected chi connectivity index (χ3v) is 3.60. The van der Waals surface area contributed by atoms with Gasteiger partial charge in [-0.1, -0.05) is 19.3 Å². The monoisotopic (exact) mass is 212 g/mol. The molecule has 1 amide bonds. The van der Waals surface area contributed by atoms with Crippen LogP contribution in [-0.4, -0.2) is 37.0 Å². The van der Waals surface area contributed by atoms with Crippen molar-refractivity contribution in [3.8, 4) is 0 Å². The fraction of sp³-hybridized carbons (Fsp3) is 0.917. The Morgan fingerprint density at radius 1 is 1.47 bits per heavy atom. The van der Waals surface area contributed by atoms with Gasteiger partial charge in [0, 0.05) is 13.6 Å². The Kier molecular flexibility index (Phi) is 4.14. The molecule has 0 unspecified atom stereocenters. The lowest BCUT2D eigenvalue weighted by molar-refractivity contribution is -0.135. The maximum absolute atomic E-state index is 12.0.